The molecule has 2 aromatic rings. The largest absolute Gasteiger partial charge is 0.493 e. The molecule has 9 heteroatoms. The van der Waals surface area contributed by atoms with Gasteiger partial charge in [-0.1, -0.05) is 11.3 Å². The van der Waals surface area contributed by atoms with Gasteiger partial charge in [0.2, 0.25) is 5.75 Å². The summed E-state index contributed by atoms with van der Waals surface area (Å²) in [4.78, 5) is 19.7. The van der Waals surface area contributed by atoms with Gasteiger partial charge in [0, 0.05) is 43.0 Å². The molecule has 8 nitrogen and oxygen atoms in total. The number of thiazole rings is 1. The van der Waals surface area contributed by atoms with E-state index in [0.717, 1.165) is 12.2 Å². The van der Waals surface area contributed by atoms with Crippen LogP contribution in [0.25, 0.3) is 0 Å². The van der Waals surface area contributed by atoms with Gasteiger partial charge in [-0.2, -0.15) is 0 Å². The molecule has 2 N–H and O–H groups in total. The van der Waals surface area contributed by atoms with Gasteiger partial charge in [-0.25, -0.2) is 4.98 Å². The van der Waals surface area contributed by atoms with Crippen LogP contribution >= 0.6 is 11.3 Å². The fraction of sp³-hybridized carbons (Fsp3) is 0.524. The van der Waals surface area contributed by atoms with E-state index < -0.39 is 0 Å². The van der Waals surface area contributed by atoms with Crippen molar-refractivity contribution in [2.45, 2.75) is 39.8 Å². The molecular weight excluding hydrogens is 404 g/mol. The van der Waals surface area contributed by atoms with E-state index >= 15 is 0 Å². The topological polar surface area (TPSA) is 85.0 Å². The Kier molecular flexibility index (Phi) is 8.73. The lowest BCUT2D eigenvalue weighted by molar-refractivity contribution is 0.0943. The van der Waals surface area contributed by atoms with E-state index in [0.29, 0.717) is 45.9 Å². The number of methoxy groups -OCH3 is 3. The third kappa shape index (κ3) is 5.99. The number of anilines is 2. The first-order valence-corrected chi connectivity index (χ1v) is 10.7. The Labute approximate surface area is 182 Å². The number of ether oxygens (including phenoxy) is 3. The Hall–Kier alpha value is -2.52. The molecule has 0 saturated carbocycles. The second-order valence-corrected chi connectivity index (χ2v) is 8.28. The summed E-state index contributed by atoms with van der Waals surface area (Å²) in [7, 11) is 4.68. The highest BCUT2D eigenvalue weighted by atomic mass is 32.1. The highest BCUT2D eigenvalue weighted by Crippen LogP contribution is 2.40. The first-order valence-electron chi connectivity index (χ1n) is 9.87. The van der Waals surface area contributed by atoms with Crippen molar-refractivity contribution < 1.29 is 19.0 Å². The van der Waals surface area contributed by atoms with Crippen molar-refractivity contribution in [2.24, 2.45) is 0 Å². The Morgan fingerprint density at radius 3 is 2.17 bits per heavy atom. The molecule has 1 heterocycles. The van der Waals surface area contributed by atoms with Gasteiger partial charge in [0.15, 0.2) is 16.6 Å². The number of benzene rings is 1. The van der Waals surface area contributed by atoms with Gasteiger partial charge in [-0.15, -0.1) is 0 Å². The summed E-state index contributed by atoms with van der Waals surface area (Å²) >= 11 is 1.28. The van der Waals surface area contributed by atoms with Gasteiger partial charge < -0.3 is 24.8 Å². The molecule has 0 radical (unpaired) electrons. The summed E-state index contributed by atoms with van der Waals surface area (Å²) in [6, 6.07) is 4.43. The summed E-state index contributed by atoms with van der Waals surface area (Å²) in [5.41, 5.74) is 0.718. The van der Waals surface area contributed by atoms with E-state index in [2.05, 4.69) is 48.2 Å². The molecule has 0 saturated heterocycles. The van der Waals surface area contributed by atoms with Crippen molar-refractivity contribution >= 4 is 28.1 Å². The average molecular weight is 437 g/mol. The first-order chi connectivity index (χ1) is 14.3. The maximum atomic E-state index is 12.5. The molecule has 0 fully saturated rings. The lowest BCUT2D eigenvalue weighted by atomic mass is 10.2. The number of hydrogen-bond donors (Lipinski definition) is 2. The summed E-state index contributed by atoms with van der Waals surface area (Å²) < 4.78 is 16.1. The zero-order valence-electron chi connectivity index (χ0n) is 18.7. The fourth-order valence-electron chi connectivity index (χ4n) is 3.21. The lowest BCUT2D eigenvalue weighted by Crippen LogP contribution is -2.42. The zero-order valence-corrected chi connectivity index (χ0v) is 19.6. The third-order valence-corrected chi connectivity index (χ3v) is 5.54. The first kappa shape index (κ1) is 23.8. The van der Waals surface area contributed by atoms with Gasteiger partial charge >= 0.3 is 0 Å². The predicted octanol–water partition coefficient (Wildman–Crippen LogP) is 3.76. The molecule has 0 aliphatic carbocycles. The van der Waals surface area contributed by atoms with Crippen LogP contribution in [0.15, 0.2) is 18.3 Å². The van der Waals surface area contributed by atoms with Crippen molar-refractivity contribution in [1.82, 2.24) is 15.2 Å². The van der Waals surface area contributed by atoms with Crippen LogP contribution in [0, 0.1) is 0 Å². The van der Waals surface area contributed by atoms with Crippen LogP contribution in [0.1, 0.15) is 37.4 Å². The number of nitrogens with one attached hydrogen (secondary N) is 2. The highest BCUT2D eigenvalue weighted by Gasteiger charge is 2.16. The van der Waals surface area contributed by atoms with Crippen LogP contribution in [-0.4, -0.2) is 62.3 Å². The number of carbonyl (C=O) groups is 1. The summed E-state index contributed by atoms with van der Waals surface area (Å²) in [6.07, 6.45) is 1.57. The van der Waals surface area contributed by atoms with Crippen LogP contribution in [0.2, 0.25) is 0 Å². The van der Waals surface area contributed by atoms with E-state index in [1.807, 2.05) is 0 Å². The van der Waals surface area contributed by atoms with Crippen LogP contribution in [0.4, 0.5) is 10.8 Å². The van der Waals surface area contributed by atoms with Gasteiger partial charge in [-0.3, -0.25) is 9.69 Å². The van der Waals surface area contributed by atoms with Crippen molar-refractivity contribution in [2.75, 3.05) is 39.7 Å². The molecule has 1 aromatic heterocycles. The van der Waals surface area contributed by atoms with Crippen LogP contribution in [0.5, 0.6) is 17.2 Å². The van der Waals surface area contributed by atoms with E-state index in [-0.39, 0.29) is 5.91 Å². The van der Waals surface area contributed by atoms with E-state index in [9.17, 15) is 4.79 Å². The monoisotopic (exact) mass is 436 g/mol. The Balaban J connectivity index is 2.02. The number of aromatic nitrogens is 1. The average Bonchev–Trinajstić information content (AvgIpc) is 3.18. The van der Waals surface area contributed by atoms with Crippen molar-refractivity contribution in [3.8, 4) is 17.2 Å². The molecule has 30 heavy (non-hydrogen) atoms. The van der Waals surface area contributed by atoms with Crippen molar-refractivity contribution in [1.29, 1.82) is 0 Å². The highest BCUT2D eigenvalue weighted by molar-refractivity contribution is 7.17. The minimum Gasteiger partial charge on any atom is -0.493 e. The minimum absolute atomic E-state index is 0.127. The third-order valence-electron chi connectivity index (χ3n) is 4.63. The molecule has 2 rings (SSSR count). The van der Waals surface area contributed by atoms with Gasteiger partial charge in [0.05, 0.1) is 27.5 Å². The molecule has 0 bridgehead atoms. The van der Waals surface area contributed by atoms with Gasteiger partial charge in [0.1, 0.15) is 4.88 Å². The van der Waals surface area contributed by atoms with E-state index in [4.69, 9.17) is 14.2 Å². The SMILES string of the molecule is COc1cc(Nc2ncc(C(=O)NCCN(C(C)C)C(C)C)s2)cc(OC)c1OC. The maximum Gasteiger partial charge on any atom is 0.263 e. The Morgan fingerprint density at radius 1 is 1.07 bits per heavy atom. The maximum absolute atomic E-state index is 12.5. The summed E-state index contributed by atoms with van der Waals surface area (Å²) in [6.45, 7) is 10.0. The Morgan fingerprint density at radius 2 is 1.67 bits per heavy atom. The molecule has 1 amide bonds. The van der Waals surface area contributed by atoms with E-state index in [1.165, 1.54) is 11.3 Å². The standard InChI is InChI=1S/C21H32N4O4S/c1-13(2)25(14(3)4)9-8-22-20(26)18-12-23-21(30-18)24-15-10-16(27-5)19(29-7)17(11-15)28-6/h10-14H,8-9H2,1-7H3,(H,22,26)(H,23,24). The Bertz CT molecular complexity index is 805. The quantitative estimate of drug-likeness (QED) is 0.555. The molecule has 0 aliphatic rings. The molecule has 0 unspecified atom stereocenters. The van der Waals surface area contributed by atoms with Crippen molar-refractivity contribution in [3.63, 3.8) is 0 Å². The predicted molar refractivity (Wildman–Crippen MR) is 121 cm³/mol. The molecule has 166 valence electrons. The normalized spacial score (nSPS) is 11.1. The fourth-order valence-corrected chi connectivity index (χ4v) is 3.96. The molecule has 0 spiro atoms. The van der Waals surface area contributed by atoms with Gasteiger partial charge in [-0.05, 0) is 27.7 Å². The minimum atomic E-state index is -0.127. The second-order valence-electron chi connectivity index (χ2n) is 7.25. The number of rotatable bonds is 11. The second kappa shape index (κ2) is 11.0. The number of hydrogen-bond acceptors (Lipinski definition) is 8. The summed E-state index contributed by atoms with van der Waals surface area (Å²) in [5.74, 6) is 1.46. The van der Waals surface area contributed by atoms with Crippen molar-refractivity contribution in [3.05, 3.63) is 23.2 Å². The van der Waals surface area contributed by atoms with Crippen LogP contribution < -0.4 is 24.8 Å². The van der Waals surface area contributed by atoms with Crippen LogP contribution in [0.3, 0.4) is 0 Å². The summed E-state index contributed by atoms with van der Waals surface area (Å²) in [5, 5.41) is 6.76. The molecule has 0 atom stereocenters. The van der Waals surface area contributed by atoms with Gasteiger partial charge in [0.25, 0.3) is 5.91 Å². The molecule has 1 aromatic carbocycles. The van der Waals surface area contributed by atoms with Crippen LogP contribution in [-0.2, 0) is 0 Å². The van der Waals surface area contributed by atoms with E-state index in [1.54, 1.807) is 39.7 Å². The number of amides is 1. The number of carbonyl (C=O) groups excluding carboxylic acids is 1. The number of nitrogens with zero attached hydrogens (tertiary/aromatic N) is 2. The zero-order chi connectivity index (χ0) is 22.3. The lowest BCUT2D eigenvalue weighted by Gasteiger charge is -2.30. The molecular formula is C21H32N4O4S. The molecule has 0 aliphatic heterocycles. The smallest absolute Gasteiger partial charge is 0.263 e.